The molecule has 5 nitrogen and oxygen atoms in total. The van der Waals surface area contributed by atoms with E-state index < -0.39 is 0 Å². The molecule has 0 fully saturated rings. The molecule has 2 aromatic heterocycles. The molecule has 0 bridgehead atoms. The summed E-state index contributed by atoms with van der Waals surface area (Å²) in [5.74, 6) is 0.0305. The largest absolute Gasteiger partial charge is 0.293 e. The number of nitrogens with zero attached hydrogens (tertiary/aromatic N) is 3. The second-order valence-corrected chi connectivity index (χ2v) is 11.2. The molecular formula is C27H20ClN3O2S3. The quantitative estimate of drug-likeness (QED) is 0.0969. The summed E-state index contributed by atoms with van der Waals surface area (Å²) in [5.41, 5.74) is 4.64. The number of thioether (sulfide) groups is 1. The van der Waals surface area contributed by atoms with E-state index in [1.807, 2.05) is 66.9 Å². The number of rotatable bonds is 6. The van der Waals surface area contributed by atoms with E-state index >= 15 is 0 Å². The Kier molecular flexibility index (Phi) is 6.94. The van der Waals surface area contributed by atoms with Crippen molar-refractivity contribution in [3.63, 3.8) is 0 Å². The zero-order valence-electron chi connectivity index (χ0n) is 19.4. The first-order chi connectivity index (χ1) is 17.3. The van der Waals surface area contributed by atoms with E-state index in [0.717, 1.165) is 11.3 Å². The Hall–Kier alpha value is -3.04. The third-order valence-electron chi connectivity index (χ3n) is 5.84. The van der Waals surface area contributed by atoms with Gasteiger partial charge >= 0.3 is 0 Å². The highest BCUT2D eigenvalue weighted by molar-refractivity contribution is 7.99. The average molecular weight is 550 g/mol. The van der Waals surface area contributed by atoms with Crippen LogP contribution in [0.25, 0.3) is 21.7 Å². The predicted molar refractivity (Wildman–Crippen MR) is 151 cm³/mol. The van der Waals surface area contributed by atoms with Crippen LogP contribution in [0.1, 0.15) is 21.5 Å². The molecule has 36 heavy (non-hydrogen) atoms. The van der Waals surface area contributed by atoms with Crippen LogP contribution in [0.2, 0.25) is 5.02 Å². The summed E-state index contributed by atoms with van der Waals surface area (Å²) in [4.78, 5) is 31.6. The van der Waals surface area contributed by atoms with Crippen LogP contribution in [-0.2, 0) is 0 Å². The number of Topliss-reactive ketones (excluding diaryl/α,β-unsaturated/α-hetero) is 1. The zero-order chi connectivity index (χ0) is 25.4. The Morgan fingerprint density at radius 2 is 1.69 bits per heavy atom. The van der Waals surface area contributed by atoms with Crippen molar-refractivity contribution in [1.29, 1.82) is 0 Å². The highest BCUT2D eigenvalue weighted by Crippen LogP contribution is 2.28. The van der Waals surface area contributed by atoms with E-state index in [-0.39, 0.29) is 17.1 Å². The summed E-state index contributed by atoms with van der Waals surface area (Å²) in [6.45, 7) is 4.09. The SMILES string of the molecule is Cc1ccc(-n2c(=S)sc3c(=O)n(-c4ccccc4)c(SCC(=O)c4ccc(Cl)cc4)nc32)cc1C. The zero-order valence-corrected chi connectivity index (χ0v) is 22.6. The van der Waals surface area contributed by atoms with E-state index in [2.05, 4.69) is 0 Å². The van der Waals surface area contributed by atoms with E-state index in [0.29, 0.717) is 35.7 Å². The smallest absolute Gasteiger partial charge is 0.278 e. The number of aromatic nitrogens is 3. The molecule has 0 saturated heterocycles. The summed E-state index contributed by atoms with van der Waals surface area (Å²) >= 11 is 14.1. The van der Waals surface area contributed by atoms with Crippen molar-refractivity contribution in [2.24, 2.45) is 0 Å². The van der Waals surface area contributed by atoms with Crippen LogP contribution in [0.15, 0.2) is 82.7 Å². The molecule has 0 aliphatic rings. The van der Waals surface area contributed by atoms with Gasteiger partial charge in [-0.2, -0.15) is 0 Å². The Morgan fingerprint density at radius 3 is 2.39 bits per heavy atom. The molecule has 0 saturated carbocycles. The number of benzene rings is 3. The lowest BCUT2D eigenvalue weighted by molar-refractivity contribution is 0.102. The molecule has 5 aromatic rings. The van der Waals surface area contributed by atoms with Crippen molar-refractivity contribution in [2.45, 2.75) is 19.0 Å². The Labute approximate surface area is 226 Å². The van der Waals surface area contributed by atoms with Crippen LogP contribution in [-0.4, -0.2) is 25.7 Å². The highest BCUT2D eigenvalue weighted by atomic mass is 35.5. The Morgan fingerprint density at radius 1 is 0.972 bits per heavy atom. The van der Waals surface area contributed by atoms with Gasteiger partial charge in [0.05, 0.1) is 11.4 Å². The molecule has 0 aliphatic carbocycles. The number of carbonyl (C=O) groups is 1. The van der Waals surface area contributed by atoms with Crippen molar-refractivity contribution in [2.75, 3.05) is 5.75 Å². The summed E-state index contributed by atoms with van der Waals surface area (Å²) in [6.07, 6.45) is 0. The Bertz CT molecular complexity index is 1720. The van der Waals surface area contributed by atoms with Gasteiger partial charge in [-0.3, -0.25) is 18.7 Å². The standard InChI is InChI=1S/C27H20ClN3O2S3/c1-16-8-13-21(14-17(16)2)30-24-23(36-27(30)34)25(33)31(20-6-4-3-5-7-20)26(29-24)35-15-22(32)18-9-11-19(28)12-10-18/h3-14H,15H2,1-2H3. The van der Waals surface area contributed by atoms with Crippen LogP contribution in [0.5, 0.6) is 0 Å². The van der Waals surface area contributed by atoms with Crippen molar-refractivity contribution in [3.8, 4) is 11.4 Å². The third kappa shape index (κ3) is 4.69. The lowest BCUT2D eigenvalue weighted by Crippen LogP contribution is -2.22. The third-order valence-corrected chi connectivity index (χ3v) is 8.38. The van der Waals surface area contributed by atoms with Crippen molar-refractivity contribution >= 4 is 63.0 Å². The predicted octanol–water partition coefficient (Wildman–Crippen LogP) is 7.21. The number of fused-ring (bicyclic) bond motifs is 1. The van der Waals surface area contributed by atoms with E-state index in [9.17, 15) is 9.59 Å². The molecule has 180 valence electrons. The van der Waals surface area contributed by atoms with Crippen LogP contribution in [0, 0.1) is 17.8 Å². The number of hydrogen-bond donors (Lipinski definition) is 0. The molecule has 0 amide bonds. The van der Waals surface area contributed by atoms with E-state index in [4.69, 9.17) is 28.8 Å². The average Bonchev–Trinajstić information content (AvgIpc) is 3.21. The van der Waals surface area contributed by atoms with Crippen molar-refractivity contribution in [1.82, 2.24) is 14.1 Å². The molecule has 0 radical (unpaired) electrons. The minimum absolute atomic E-state index is 0.0815. The fourth-order valence-corrected chi connectivity index (χ4v) is 6.11. The summed E-state index contributed by atoms with van der Waals surface area (Å²) in [5, 5.41) is 0.990. The van der Waals surface area contributed by atoms with Gasteiger partial charge in [0.25, 0.3) is 5.56 Å². The van der Waals surface area contributed by atoms with Gasteiger partial charge < -0.3 is 0 Å². The number of aryl methyl sites for hydroxylation is 2. The fourth-order valence-electron chi connectivity index (χ4n) is 3.78. The van der Waals surface area contributed by atoms with Gasteiger partial charge in [0, 0.05) is 16.3 Å². The summed E-state index contributed by atoms with van der Waals surface area (Å²) in [6, 6.07) is 22.1. The molecule has 9 heteroatoms. The number of carbonyl (C=O) groups excluding carboxylic acids is 1. The molecule has 2 heterocycles. The summed E-state index contributed by atoms with van der Waals surface area (Å²) in [7, 11) is 0. The normalized spacial score (nSPS) is 11.2. The van der Waals surface area contributed by atoms with Gasteiger partial charge in [-0.05, 0) is 85.7 Å². The first kappa shape index (κ1) is 24.6. The van der Waals surface area contributed by atoms with Crippen LogP contribution >= 0.6 is 46.9 Å². The second-order valence-electron chi connectivity index (χ2n) is 8.21. The molecule has 0 aliphatic heterocycles. The molecule has 0 atom stereocenters. The minimum Gasteiger partial charge on any atom is -0.293 e. The van der Waals surface area contributed by atoms with Gasteiger partial charge in [0.15, 0.2) is 20.5 Å². The van der Waals surface area contributed by atoms with Crippen molar-refractivity contribution < 1.29 is 4.79 Å². The maximum Gasteiger partial charge on any atom is 0.278 e. The monoisotopic (exact) mass is 549 g/mol. The van der Waals surface area contributed by atoms with Crippen LogP contribution in [0.4, 0.5) is 0 Å². The number of hydrogen-bond acceptors (Lipinski definition) is 6. The number of halogens is 1. The van der Waals surface area contributed by atoms with Crippen LogP contribution < -0.4 is 5.56 Å². The number of para-hydroxylation sites is 1. The second kappa shape index (κ2) is 10.1. The molecule has 0 N–H and O–H groups in total. The molecule has 0 unspecified atom stereocenters. The van der Waals surface area contributed by atoms with Gasteiger partial charge in [-0.25, -0.2) is 4.98 Å². The topological polar surface area (TPSA) is 56.9 Å². The van der Waals surface area contributed by atoms with Crippen LogP contribution in [0.3, 0.4) is 0 Å². The molecular weight excluding hydrogens is 530 g/mol. The highest BCUT2D eigenvalue weighted by Gasteiger charge is 2.20. The lowest BCUT2D eigenvalue weighted by Gasteiger charge is -2.13. The molecule has 0 spiro atoms. The van der Waals surface area contributed by atoms with Gasteiger partial charge in [0.2, 0.25) is 0 Å². The lowest BCUT2D eigenvalue weighted by atomic mass is 10.1. The fraction of sp³-hybridized carbons (Fsp3) is 0.111. The van der Waals surface area contributed by atoms with Crippen molar-refractivity contribution in [3.05, 3.63) is 109 Å². The van der Waals surface area contributed by atoms with Gasteiger partial charge in [-0.1, -0.05) is 59.0 Å². The maximum atomic E-state index is 13.8. The number of thiazole rings is 1. The first-order valence-electron chi connectivity index (χ1n) is 11.1. The number of ketones is 1. The minimum atomic E-state index is -0.216. The maximum absolute atomic E-state index is 13.8. The van der Waals surface area contributed by atoms with E-state index in [1.165, 1.54) is 28.7 Å². The first-order valence-corrected chi connectivity index (χ1v) is 13.7. The molecule has 3 aromatic carbocycles. The van der Waals surface area contributed by atoms with Gasteiger partial charge in [-0.15, -0.1) is 0 Å². The molecule has 5 rings (SSSR count). The Balaban J connectivity index is 1.66. The van der Waals surface area contributed by atoms with E-state index in [1.54, 1.807) is 28.8 Å². The summed E-state index contributed by atoms with van der Waals surface area (Å²) < 4.78 is 4.40. The van der Waals surface area contributed by atoms with Gasteiger partial charge in [0.1, 0.15) is 4.70 Å².